The van der Waals surface area contributed by atoms with E-state index in [2.05, 4.69) is 20.3 Å². The van der Waals surface area contributed by atoms with Crippen LogP contribution in [0.2, 0.25) is 0 Å². The molecule has 7 N–H and O–H groups in total. The summed E-state index contributed by atoms with van der Waals surface area (Å²) in [6, 6.07) is -0.929. The molecule has 1 saturated heterocycles. The number of aliphatic carboxylic acids is 1. The number of hydrogen-bond acceptors (Lipinski definition) is 11. The van der Waals surface area contributed by atoms with Crippen LogP contribution >= 0.6 is 11.8 Å². The minimum absolute atomic E-state index is 0.149. The Labute approximate surface area is 151 Å². The Bertz CT molecular complexity index is 789. The molecule has 3 rings (SSSR count). The molecule has 0 aliphatic carbocycles. The van der Waals surface area contributed by atoms with Gasteiger partial charge in [-0.25, -0.2) is 9.97 Å². The molecule has 2 aromatic rings. The van der Waals surface area contributed by atoms with Gasteiger partial charge in [-0.1, -0.05) is 5.21 Å². The lowest BCUT2D eigenvalue weighted by Gasteiger charge is -2.14. The maximum Gasteiger partial charge on any atom is 0.320 e. The highest BCUT2D eigenvalue weighted by molar-refractivity contribution is 7.99. The van der Waals surface area contributed by atoms with Crippen molar-refractivity contribution in [3.63, 3.8) is 0 Å². The van der Waals surface area contributed by atoms with Gasteiger partial charge in [0.15, 0.2) is 23.2 Å². The molecule has 5 unspecified atom stereocenters. The molecule has 0 saturated carbocycles. The van der Waals surface area contributed by atoms with Gasteiger partial charge in [-0.15, -0.1) is 5.10 Å². The number of carboxylic acid groups (broad SMARTS) is 1. The number of carboxylic acids is 1. The summed E-state index contributed by atoms with van der Waals surface area (Å²) in [4.78, 5) is 18.5. The lowest BCUT2D eigenvalue weighted by Crippen LogP contribution is -2.33. The molecule has 13 heteroatoms. The number of thioether (sulfide) groups is 1. The van der Waals surface area contributed by atoms with Crippen molar-refractivity contribution in [1.29, 1.82) is 0 Å². The molecular weight excluding hydrogens is 366 g/mol. The second kappa shape index (κ2) is 7.67. The van der Waals surface area contributed by atoms with E-state index in [4.69, 9.17) is 21.3 Å². The third kappa shape index (κ3) is 3.57. The van der Waals surface area contributed by atoms with E-state index in [1.165, 1.54) is 22.8 Å². The highest BCUT2D eigenvalue weighted by Gasteiger charge is 2.44. The summed E-state index contributed by atoms with van der Waals surface area (Å²) in [5.74, 6) is -0.0736. The topological polar surface area (TPSA) is 196 Å². The van der Waals surface area contributed by atoms with E-state index in [1.54, 1.807) is 0 Å². The number of hydrogen-bond donors (Lipinski definition) is 5. The predicted octanol–water partition coefficient (Wildman–Crippen LogP) is -2.04. The summed E-state index contributed by atoms with van der Waals surface area (Å²) >= 11 is 1.38. The van der Waals surface area contributed by atoms with Crippen molar-refractivity contribution in [2.45, 2.75) is 37.0 Å². The fraction of sp³-hybridized carbons (Fsp3) is 0.615. The van der Waals surface area contributed by atoms with Crippen molar-refractivity contribution in [3.05, 3.63) is 6.33 Å². The SMILES string of the molecule is Nc1ncnc2c1nnn2C1OC(CSCCC(N)C(=O)O)C(O)C1O. The number of ether oxygens (including phenoxy) is 1. The van der Waals surface area contributed by atoms with E-state index in [1.807, 2.05) is 0 Å². The first kappa shape index (κ1) is 18.7. The predicted molar refractivity (Wildman–Crippen MR) is 91.0 cm³/mol. The van der Waals surface area contributed by atoms with Crippen LogP contribution in [0, 0.1) is 0 Å². The Morgan fingerprint density at radius 2 is 2.15 bits per heavy atom. The molecule has 1 aliphatic rings. The molecule has 1 aliphatic heterocycles. The van der Waals surface area contributed by atoms with E-state index < -0.39 is 36.6 Å². The highest BCUT2D eigenvalue weighted by atomic mass is 32.2. The van der Waals surface area contributed by atoms with Gasteiger partial charge in [-0.2, -0.15) is 16.4 Å². The molecule has 3 heterocycles. The monoisotopic (exact) mass is 385 g/mol. The third-order valence-electron chi connectivity index (χ3n) is 4.04. The van der Waals surface area contributed by atoms with E-state index in [0.29, 0.717) is 17.9 Å². The Kier molecular flexibility index (Phi) is 5.52. The van der Waals surface area contributed by atoms with Crippen molar-refractivity contribution in [1.82, 2.24) is 25.0 Å². The Morgan fingerprint density at radius 3 is 2.88 bits per heavy atom. The molecule has 0 radical (unpaired) electrons. The van der Waals surface area contributed by atoms with Gasteiger partial charge < -0.3 is 31.5 Å². The fourth-order valence-corrected chi connectivity index (χ4v) is 3.65. The van der Waals surface area contributed by atoms with Gasteiger partial charge in [0.05, 0.1) is 6.10 Å². The Morgan fingerprint density at radius 1 is 1.38 bits per heavy atom. The quantitative estimate of drug-likeness (QED) is 0.328. The molecule has 0 bridgehead atoms. The minimum Gasteiger partial charge on any atom is -0.480 e. The average Bonchev–Trinajstić information content (AvgIpc) is 3.15. The molecule has 142 valence electrons. The summed E-state index contributed by atoms with van der Waals surface area (Å²) in [5, 5.41) is 37.0. The van der Waals surface area contributed by atoms with Crippen molar-refractivity contribution >= 4 is 34.7 Å². The standard InChI is InChI=1S/C13H19N7O5S/c14-5(13(23)24)1-2-26-3-6-8(21)9(22)12(25-6)20-11-7(18-19-20)10(15)16-4-17-11/h4-6,8-9,12,21-22H,1-3,14H2,(H,23,24)(H2,15,16,17). The van der Waals surface area contributed by atoms with Gasteiger partial charge in [0.1, 0.15) is 24.6 Å². The summed E-state index contributed by atoms with van der Waals surface area (Å²) in [6.45, 7) is 0. The molecule has 1 fully saturated rings. The molecule has 0 aromatic carbocycles. The molecule has 5 atom stereocenters. The maximum absolute atomic E-state index is 10.7. The van der Waals surface area contributed by atoms with Gasteiger partial charge in [0.2, 0.25) is 0 Å². The average molecular weight is 385 g/mol. The molecule has 26 heavy (non-hydrogen) atoms. The number of anilines is 1. The minimum atomic E-state index is -1.23. The summed E-state index contributed by atoms with van der Waals surface area (Å²) in [7, 11) is 0. The zero-order valence-electron chi connectivity index (χ0n) is 13.5. The molecule has 0 amide bonds. The molecule has 0 spiro atoms. The van der Waals surface area contributed by atoms with Crippen LogP contribution in [-0.4, -0.2) is 82.1 Å². The van der Waals surface area contributed by atoms with Crippen LogP contribution in [0.15, 0.2) is 6.33 Å². The number of nitrogens with zero attached hydrogens (tertiary/aromatic N) is 5. The Balaban J connectivity index is 1.64. The van der Waals surface area contributed by atoms with E-state index in [9.17, 15) is 15.0 Å². The number of rotatable bonds is 7. The number of nitrogen functional groups attached to an aromatic ring is 1. The number of aliphatic hydroxyl groups excluding tert-OH is 2. The second-order valence-electron chi connectivity index (χ2n) is 5.82. The van der Waals surface area contributed by atoms with Crippen LogP contribution in [0.5, 0.6) is 0 Å². The molecule has 12 nitrogen and oxygen atoms in total. The fourth-order valence-electron chi connectivity index (χ4n) is 2.56. The van der Waals surface area contributed by atoms with Crippen molar-refractivity contribution in [2.24, 2.45) is 5.73 Å². The number of nitrogens with two attached hydrogens (primary N) is 2. The van der Waals surface area contributed by atoms with E-state index in [-0.39, 0.29) is 17.0 Å². The zero-order valence-corrected chi connectivity index (χ0v) is 14.4. The van der Waals surface area contributed by atoms with E-state index >= 15 is 0 Å². The van der Waals surface area contributed by atoms with Gasteiger partial charge in [0.25, 0.3) is 0 Å². The first-order valence-corrected chi connectivity index (χ1v) is 8.94. The van der Waals surface area contributed by atoms with Gasteiger partial charge in [0, 0.05) is 5.75 Å². The normalized spacial score (nSPS) is 27.0. The first-order valence-electron chi connectivity index (χ1n) is 7.79. The van der Waals surface area contributed by atoms with Crippen LogP contribution in [0.4, 0.5) is 5.82 Å². The lowest BCUT2D eigenvalue weighted by molar-refractivity contribution is -0.138. The van der Waals surface area contributed by atoms with E-state index in [0.717, 1.165) is 0 Å². The van der Waals surface area contributed by atoms with Crippen LogP contribution in [0.1, 0.15) is 12.6 Å². The maximum atomic E-state index is 10.7. The number of carbonyl (C=O) groups is 1. The second-order valence-corrected chi connectivity index (χ2v) is 6.97. The highest BCUT2D eigenvalue weighted by Crippen LogP contribution is 2.32. The Hall–Kier alpha value is -2.06. The van der Waals surface area contributed by atoms with Crippen molar-refractivity contribution in [2.75, 3.05) is 17.2 Å². The summed E-state index contributed by atoms with van der Waals surface area (Å²) in [5.41, 5.74) is 11.7. The molecular formula is C13H19N7O5S. The van der Waals surface area contributed by atoms with Crippen molar-refractivity contribution in [3.8, 4) is 0 Å². The van der Waals surface area contributed by atoms with Gasteiger partial charge in [-0.05, 0) is 12.2 Å². The van der Waals surface area contributed by atoms with Crippen LogP contribution < -0.4 is 11.5 Å². The van der Waals surface area contributed by atoms with Crippen LogP contribution in [0.3, 0.4) is 0 Å². The number of aliphatic hydroxyl groups is 2. The van der Waals surface area contributed by atoms with Crippen molar-refractivity contribution < 1.29 is 24.9 Å². The summed E-state index contributed by atoms with van der Waals surface area (Å²) in [6.07, 6.45) is -2.48. The zero-order chi connectivity index (χ0) is 18.8. The molecule has 2 aromatic heterocycles. The van der Waals surface area contributed by atoms with Gasteiger partial charge in [-0.3, -0.25) is 4.79 Å². The number of fused-ring (bicyclic) bond motifs is 1. The third-order valence-corrected chi connectivity index (χ3v) is 5.13. The largest absolute Gasteiger partial charge is 0.480 e. The van der Waals surface area contributed by atoms with Crippen LogP contribution in [0.25, 0.3) is 11.2 Å². The lowest BCUT2D eigenvalue weighted by atomic mass is 10.1. The smallest absolute Gasteiger partial charge is 0.320 e. The van der Waals surface area contributed by atoms with Gasteiger partial charge >= 0.3 is 5.97 Å². The number of aromatic nitrogens is 5. The van der Waals surface area contributed by atoms with Crippen LogP contribution in [-0.2, 0) is 9.53 Å². The first-order chi connectivity index (χ1) is 12.4. The summed E-state index contributed by atoms with van der Waals surface area (Å²) < 4.78 is 6.98.